The van der Waals surface area contributed by atoms with Crippen LogP contribution in [0.1, 0.15) is 31.9 Å². The summed E-state index contributed by atoms with van der Waals surface area (Å²) in [5.74, 6) is 0. The average Bonchev–Trinajstić information content (AvgIpc) is 2.43. The lowest BCUT2D eigenvalue weighted by Crippen LogP contribution is -2.10. The van der Waals surface area contributed by atoms with Gasteiger partial charge in [-0.3, -0.25) is 0 Å². The molecule has 0 bridgehead atoms. The van der Waals surface area contributed by atoms with Crippen LogP contribution in [-0.2, 0) is 5.41 Å². The molecule has 0 aliphatic carbocycles. The first-order valence-corrected chi connectivity index (χ1v) is 8.69. The van der Waals surface area contributed by atoms with Crippen LogP contribution in [0.2, 0.25) is 0 Å². The Morgan fingerprint density at radius 1 is 0.714 bits per heavy atom. The van der Waals surface area contributed by atoms with Crippen molar-refractivity contribution in [2.75, 3.05) is 0 Å². The van der Waals surface area contributed by atoms with Gasteiger partial charge in [0.05, 0.1) is 0 Å². The predicted molar refractivity (Wildman–Crippen MR) is 100 cm³/mol. The van der Waals surface area contributed by atoms with E-state index in [1.807, 2.05) is 0 Å². The quantitative estimate of drug-likeness (QED) is 0.349. The van der Waals surface area contributed by atoms with E-state index in [1.54, 1.807) is 0 Å². The number of benzene rings is 3. The van der Waals surface area contributed by atoms with E-state index < -0.39 is 0 Å². The molecule has 108 valence electrons. The Kier molecular flexibility index (Phi) is 3.66. The summed E-state index contributed by atoms with van der Waals surface area (Å²) < 4.78 is 2.36. The monoisotopic (exact) mass is 404 g/mol. The van der Waals surface area contributed by atoms with E-state index in [-0.39, 0.29) is 5.41 Å². The first kappa shape index (κ1) is 15.1. The van der Waals surface area contributed by atoms with E-state index in [9.17, 15) is 0 Å². The van der Waals surface area contributed by atoms with Gasteiger partial charge in [-0.2, -0.15) is 0 Å². The lowest BCUT2D eigenvalue weighted by atomic mass is 9.85. The maximum Gasteiger partial charge on any atom is 0.0333 e. The predicted octanol–water partition coefficient (Wildman–Crippen LogP) is 7.12. The molecule has 0 N–H and O–H groups in total. The van der Waals surface area contributed by atoms with Crippen LogP contribution in [-0.4, -0.2) is 0 Å². The van der Waals surface area contributed by atoms with E-state index in [0.29, 0.717) is 0 Å². The fraction of sp³-hybridized carbons (Fsp3) is 0.263. The molecule has 3 aromatic rings. The van der Waals surface area contributed by atoms with Crippen molar-refractivity contribution >= 4 is 53.4 Å². The second-order valence-electron chi connectivity index (χ2n) is 6.69. The summed E-state index contributed by atoms with van der Waals surface area (Å²) in [7, 11) is 0. The van der Waals surface area contributed by atoms with Crippen molar-refractivity contribution in [2.24, 2.45) is 0 Å². The summed E-state index contributed by atoms with van der Waals surface area (Å²) in [6.45, 7) is 8.89. The van der Waals surface area contributed by atoms with Crippen molar-refractivity contribution in [3.8, 4) is 0 Å². The smallest absolute Gasteiger partial charge is 0.0333 e. The van der Waals surface area contributed by atoms with Gasteiger partial charge in [-0.1, -0.05) is 56.7 Å². The van der Waals surface area contributed by atoms with Crippen LogP contribution < -0.4 is 0 Å². The van der Waals surface area contributed by atoms with Gasteiger partial charge >= 0.3 is 0 Å². The lowest BCUT2D eigenvalue weighted by molar-refractivity contribution is 0.591. The molecule has 0 saturated carbocycles. The van der Waals surface area contributed by atoms with E-state index in [1.165, 1.54) is 41.6 Å². The van der Waals surface area contributed by atoms with Crippen LogP contribution in [0.15, 0.2) is 45.3 Å². The molecular weight excluding hydrogens is 388 g/mol. The summed E-state index contributed by atoms with van der Waals surface area (Å²) in [5, 5.41) is 5.04. The Labute approximate surface area is 142 Å². The first-order chi connectivity index (χ1) is 9.79. The van der Waals surface area contributed by atoms with Gasteiger partial charge in [-0.05, 0) is 77.4 Å². The second kappa shape index (κ2) is 5.10. The lowest BCUT2D eigenvalue weighted by Gasteiger charge is -2.20. The second-order valence-corrected chi connectivity index (χ2v) is 8.27. The Morgan fingerprint density at radius 2 is 1.24 bits per heavy atom. The number of fused-ring (bicyclic) bond motifs is 2. The number of aryl methyl sites for hydroxylation is 1. The van der Waals surface area contributed by atoms with Gasteiger partial charge in [0, 0.05) is 8.95 Å². The Bertz CT molecular complexity index is 855. The fourth-order valence-corrected chi connectivity index (χ4v) is 4.05. The fourth-order valence-electron chi connectivity index (χ4n) is 2.71. The summed E-state index contributed by atoms with van der Waals surface area (Å²) in [4.78, 5) is 0. The van der Waals surface area contributed by atoms with Crippen LogP contribution in [0.5, 0.6) is 0 Å². The molecule has 0 heterocycles. The zero-order valence-corrected chi connectivity index (χ0v) is 15.9. The van der Waals surface area contributed by atoms with Gasteiger partial charge in [-0.25, -0.2) is 0 Å². The van der Waals surface area contributed by atoms with Gasteiger partial charge in [0.25, 0.3) is 0 Å². The van der Waals surface area contributed by atoms with E-state index in [2.05, 4.69) is 96.0 Å². The SMILES string of the molecule is Cc1ccc2c(Br)c3cc(C(C)(C)C)ccc3c(Br)c2c1. The number of hydrogen-bond acceptors (Lipinski definition) is 0. The number of rotatable bonds is 0. The molecule has 2 heteroatoms. The van der Waals surface area contributed by atoms with Gasteiger partial charge in [-0.15, -0.1) is 0 Å². The van der Waals surface area contributed by atoms with Crippen LogP contribution in [0.4, 0.5) is 0 Å². The third-order valence-corrected chi connectivity index (χ3v) is 5.72. The Hall–Kier alpha value is -0.860. The summed E-state index contributed by atoms with van der Waals surface area (Å²) in [6.07, 6.45) is 0. The molecule has 0 unspecified atom stereocenters. The molecular formula is C19H18Br2. The first-order valence-electron chi connectivity index (χ1n) is 7.10. The molecule has 0 spiro atoms. The van der Waals surface area contributed by atoms with E-state index in [4.69, 9.17) is 0 Å². The van der Waals surface area contributed by atoms with Crippen molar-refractivity contribution < 1.29 is 0 Å². The molecule has 0 aliphatic rings. The largest absolute Gasteiger partial charge is 0.0586 e. The van der Waals surface area contributed by atoms with Crippen molar-refractivity contribution in [3.05, 3.63) is 56.5 Å². The highest BCUT2D eigenvalue weighted by atomic mass is 79.9. The highest BCUT2D eigenvalue weighted by molar-refractivity contribution is 9.11. The maximum absolute atomic E-state index is 3.82. The molecule has 0 amide bonds. The maximum atomic E-state index is 3.82. The van der Waals surface area contributed by atoms with Crippen molar-refractivity contribution in [1.82, 2.24) is 0 Å². The minimum absolute atomic E-state index is 0.155. The average molecular weight is 406 g/mol. The minimum Gasteiger partial charge on any atom is -0.0586 e. The number of halogens is 2. The topological polar surface area (TPSA) is 0 Å². The highest BCUT2D eigenvalue weighted by Gasteiger charge is 2.17. The van der Waals surface area contributed by atoms with Gasteiger partial charge in [0.1, 0.15) is 0 Å². The summed E-state index contributed by atoms with van der Waals surface area (Å²) in [6, 6.07) is 13.4. The molecule has 0 saturated heterocycles. The molecule has 0 aliphatic heterocycles. The van der Waals surface area contributed by atoms with Gasteiger partial charge < -0.3 is 0 Å². The molecule has 3 aromatic carbocycles. The molecule has 21 heavy (non-hydrogen) atoms. The molecule has 0 nitrogen and oxygen atoms in total. The summed E-state index contributed by atoms with van der Waals surface area (Å²) >= 11 is 7.63. The molecule has 0 fully saturated rings. The Balaban J connectivity index is 2.46. The standard InChI is InChI=1S/C19H18Br2/c1-11-5-7-13-15(9-11)17(20)14-8-6-12(19(2,3)4)10-16(14)18(13)21/h5-10H,1-4H3. The summed E-state index contributed by atoms with van der Waals surface area (Å²) in [5.41, 5.74) is 2.79. The zero-order valence-electron chi connectivity index (χ0n) is 12.7. The van der Waals surface area contributed by atoms with E-state index >= 15 is 0 Å². The van der Waals surface area contributed by atoms with Crippen LogP contribution in [0.3, 0.4) is 0 Å². The zero-order chi connectivity index (χ0) is 15.4. The minimum atomic E-state index is 0.155. The van der Waals surface area contributed by atoms with Gasteiger partial charge in [0.15, 0.2) is 0 Å². The van der Waals surface area contributed by atoms with Crippen molar-refractivity contribution in [2.45, 2.75) is 33.1 Å². The highest BCUT2D eigenvalue weighted by Crippen LogP contribution is 2.41. The third kappa shape index (κ3) is 2.53. The van der Waals surface area contributed by atoms with Gasteiger partial charge in [0.2, 0.25) is 0 Å². The molecule has 0 aromatic heterocycles. The Morgan fingerprint density at radius 3 is 1.81 bits per heavy atom. The van der Waals surface area contributed by atoms with Crippen LogP contribution in [0.25, 0.3) is 21.5 Å². The van der Waals surface area contributed by atoms with Crippen LogP contribution >= 0.6 is 31.9 Å². The normalized spacial score (nSPS) is 12.3. The molecule has 0 radical (unpaired) electrons. The van der Waals surface area contributed by atoms with Crippen molar-refractivity contribution in [3.63, 3.8) is 0 Å². The van der Waals surface area contributed by atoms with E-state index in [0.717, 1.165) is 0 Å². The number of hydrogen-bond donors (Lipinski definition) is 0. The third-order valence-electron chi connectivity index (χ3n) is 4.01. The molecule has 0 atom stereocenters. The molecule has 3 rings (SSSR count). The van der Waals surface area contributed by atoms with Crippen LogP contribution in [0, 0.1) is 6.92 Å². The van der Waals surface area contributed by atoms with Crippen molar-refractivity contribution in [1.29, 1.82) is 0 Å².